The molecule has 21 heavy (non-hydrogen) atoms. The van der Waals surface area contributed by atoms with Crippen molar-refractivity contribution in [3.05, 3.63) is 20.8 Å². The van der Waals surface area contributed by atoms with Gasteiger partial charge in [-0.1, -0.05) is 11.8 Å². The fourth-order valence-electron chi connectivity index (χ4n) is 2.76. The molecule has 2 aromatic rings. The molecule has 0 fully saturated rings. The summed E-state index contributed by atoms with van der Waals surface area (Å²) in [6.45, 7) is 5.81. The Balaban J connectivity index is 2.27. The Morgan fingerprint density at radius 3 is 2.81 bits per heavy atom. The van der Waals surface area contributed by atoms with Gasteiger partial charge in [-0.15, -0.1) is 11.3 Å². The van der Waals surface area contributed by atoms with E-state index in [9.17, 15) is 4.79 Å². The van der Waals surface area contributed by atoms with Crippen molar-refractivity contribution in [1.82, 2.24) is 9.55 Å². The molecule has 6 heteroatoms. The van der Waals surface area contributed by atoms with E-state index in [4.69, 9.17) is 10.2 Å². The molecular formula is C15H17N3OS2. The lowest BCUT2D eigenvalue weighted by atomic mass is 10.2. The van der Waals surface area contributed by atoms with Crippen LogP contribution in [0.1, 0.15) is 43.7 Å². The lowest BCUT2D eigenvalue weighted by Gasteiger charge is -2.15. The Kier molecular flexibility index (Phi) is 3.80. The van der Waals surface area contributed by atoms with Gasteiger partial charge in [-0.25, -0.2) is 4.98 Å². The van der Waals surface area contributed by atoms with Crippen LogP contribution in [0.2, 0.25) is 0 Å². The summed E-state index contributed by atoms with van der Waals surface area (Å²) in [5, 5.41) is 10.3. The highest BCUT2D eigenvalue weighted by atomic mass is 32.2. The van der Waals surface area contributed by atoms with Gasteiger partial charge in [-0.05, 0) is 45.6 Å². The van der Waals surface area contributed by atoms with Gasteiger partial charge in [0.2, 0.25) is 0 Å². The van der Waals surface area contributed by atoms with Crippen molar-refractivity contribution in [2.75, 3.05) is 0 Å². The number of fused-ring (bicyclic) bond motifs is 3. The van der Waals surface area contributed by atoms with Gasteiger partial charge in [0.1, 0.15) is 4.83 Å². The molecule has 0 amide bonds. The van der Waals surface area contributed by atoms with Crippen LogP contribution < -0.4 is 5.56 Å². The highest BCUT2D eigenvalue weighted by molar-refractivity contribution is 8.00. The fraction of sp³-hybridized carbons (Fsp3) is 0.533. The van der Waals surface area contributed by atoms with Crippen LogP contribution in [0.15, 0.2) is 9.95 Å². The molecule has 0 unspecified atom stereocenters. The zero-order valence-corrected chi connectivity index (χ0v) is 14.0. The number of thioether (sulfide) groups is 1. The summed E-state index contributed by atoms with van der Waals surface area (Å²) in [5.41, 5.74) is 1.27. The Labute approximate surface area is 131 Å². The SMILES string of the molecule is CC(C)n1c(S[C@H](C)C#N)nc2sc3c(c2c1=O)CCC3. The van der Waals surface area contributed by atoms with E-state index in [1.165, 1.54) is 22.2 Å². The van der Waals surface area contributed by atoms with Crippen LogP contribution >= 0.6 is 23.1 Å². The molecule has 0 spiro atoms. The van der Waals surface area contributed by atoms with Gasteiger partial charge in [0, 0.05) is 10.9 Å². The van der Waals surface area contributed by atoms with Crippen LogP contribution in [0, 0.1) is 11.3 Å². The van der Waals surface area contributed by atoms with E-state index in [1.54, 1.807) is 15.9 Å². The normalized spacial score (nSPS) is 15.4. The van der Waals surface area contributed by atoms with Gasteiger partial charge in [0.05, 0.1) is 16.7 Å². The third-order valence-electron chi connectivity index (χ3n) is 3.72. The fourth-order valence-corrected chi connectivity index (χ4v) is 4.99. The van der Waals surface area contributed by atoms with Crippen molar-refractivity contribution < 1.29 is 0 Å². The minimum absolute atomic E-state index is 0.0414. The summed E-state index contributed by atoms with van der Waals surface area (Å²) in [6, 6.07) is 2.24. The molecule has 3 rings (SSSR count). The van der Waals surface area contributed by atoms with Crippen molar-refractivity contribution in [1.29, 1.82) is 5.26 Å². The van der Waals surface area contributed by atoms with Gasteiger partial charge in [0.25, 0.3) is 5.56 Å². The molecule has 0 aromatic carbocycles. The van der Waals surface area contributed by atoms with E-state index in [-0.39, 0.29) is 16.9 Å². The van der Waals surface area contributed by atoms with E-state index in [0.717, 1.165) is 29.5 Å². The molecule has 0 saturated heterocycles. The summed E-state index contributed by atoms with van der Waals surface area (Å²) in [5.74, 6) is 0. The van der Waals surface area contributed by atoms with Crippen LogP contribution in [0.25, 0.3) is 10.2 Å². The molecular weight excluding hydrogens is 302 g/mol. The van der Waals surface area contributed by atoms with E-state index in [2.05, 4.69) is 6.07 Å². The van der Waals surface area contributed by atoms with Crippen LogP contribution in [-0.2, 0) is 12.8 Å². The quantitative estimate of drug-likeness (QED) is 0.641. The first-order valence-electron chi connectivity index (χ1n) is 7.16. The molecule has 0 saturated carbocycles. The van der Waals surface area contributed by atoms with E-state index < -0.39 is 0 Å². The van der Waals surface area contributed by atoms with Crippen LogP contribution in [0.3, 0.4) is 0 Å². The number of hydrogen-bond acceptors (Lipinski definition) is 5. The molecule has 2 heterocycles. The summed E-state index contributed by atoms with van der Waals surface area (Å²) in [4.78, 5) is 19.8. The van der Waals surface area contributed by atoms with Crippen LogP contribution in [-0.4, -0.2) is 14.8 Å². The molecule has 1 aliphatic rings. The van der Waals surface area contributed by atoms with Crippen molar-refractivity contribution in [2.24, 2.45) is 0 Å². The van der Waals surface area contributed by atoms with Crippen molar-refractivity contribution in [3.8, 4) is 6.07 Å². The number of nitrogens with zero attached hydrogens (tertiary/aromatic N) is 3. The maximum atomic E-state index is 12.9. The number of hydrogen-bond donors (Lipinski definition) is 0. The number of rotatable bonds is 3. The first-order valence-corrected chi connectivity index (χ1v) is 8.85. The Morgan fingerprint density at radius 1 is 1.38 bits per heavy atom. The predicted octanol–water partition coefficient (Wildman–Crippen LogP) is 3.53. The first kappa shape index (κ1) is 14.6. The van der Waals surface area contributed by atoms with Crippen molar-refractivity contribution in [3.63, 3.8) is 0 Å². The van der Waals surface area contributed by atoms with Gasteiger partial charge in [-0.2, -0.15) is 5.26 Å². The van der Waals surface area contributed by atoms with Crippen molar-refractivity contribution in [2.45, 2.75) is 56.5 Å². The lowest BCUT2D eigenvalue weighted by Crippen LogP contribution is -2.25. The third-order valence-corrected chi connectivity index (χ3v) is 5.86. The second-order valence-electron chi connectivity index (χ2n) is 5.59. The highest BCUT2D eigenvalue weighted by Gasteiger charge is 2.24. The summed E-state index contributed by atoms with van der Waals surface area (Å²) in [7, 11) is 0. The maximum Gasteiger partial charge on any atom is 0.263 e. The number of aromatic nitrogens is 2. The monoisotopic (exact) mass is 319 g/mol. The predicted molar refractivity (Wildman–Crippen MR) is 87.2 cm³/mol. The maximum absolute atomic E-state index is 12.9. The molecule has 0 radical (unpaired) electrons. The third kappa shape index (κ3) is 2.39. The average molecular weight is 319 g/mol. The molecule has 110 valence electrons. The molecule has 0 aliphatic heterocycles. The molecule has 1 atom stereocenters. The van der Waals surface area contributed by atoms with Gasteiger partial charge >= 0.3 is 0 Å². The smallest absolute Gasteiger partial charge is 0.263 e. The topological polar surface area (TPSA) is 58.7 Å². The minimum atomic E-state index is -0.217. The van der Waals surface area contributed by atoms with Gasteiger partial charge in [-0.3, -0.25) is 9.36 Å². The molecule has 1 aliphatic carbocycles. The Bertz CT molecular complexity index is 798. The number of nitriles is 1. The van der Waals surface area contributed by atoms with Crippen LogP contribution in [0.4, 0.5) is 0 Å². The molecule has 2 aromatic heterocycles. The highest BCUT2D eigenvalue weighted by Crippen LogP contribution is 2.36. The van der Waals surface area contributed by atoms with Crippen LogP contribution in [0.5, 0.6) is 0 Å². The summed E-state index contributed by atoms with van der Waals surface area (Å²) < 4.78 is 1.74. The average Bonchev–Trinajstić information content (AvgIpc) is 2.97. The first-order chi connectivity index (χ1) is 10.0. The van der Waals surface area contributed by atoms with E-state index in [0.29, 0.717) is 5.16 Å². The number of aryl methyl sites for hydroxylation is 2. The second-order valence-corrected chi connectivity index (χ2v) is 7.98. The molecule has 0 N–H and O–H groups in total. The van der Waals surface area contributed by atoms with E-state index >= 15 is 0 Å². The molecule has 4 nitrogen and oxygen atoms in total. The van der Waals surface area contributed by atoms with E-state index in [1.807, 2.05) is 20.8 Å². The zero-order valence-electron chi connectivity index (χ0n) is 12.3. The summed E-state index contributed by atoms with van der Waals surface area (Å²) >= 11 is 3.01. The van der Waals surface area contributed by atoms with Gasteiger partial charge in [0.15, 0.2) is 5.16 Å². The summed E-state index contributed by atoms with van der Waals surface area (Å²) in [6.07, 6.45) is 3.19. The molecule has 0 bridgehead atoms. The Hall–Kier alpha value is -1.32. The largest absolute Gasteiger partial charge is 0.284 e. The zero-order chi connectivity index (χ0) is 15.1. The standard InChI is InChI=1S/C15H17N3OS2/c1-8(2)18-14(19)12-10-5-4-6-11(10)21-13(12)17-15(18)20-9(3)7-16/h8-9H,4-6H2,1-3H3/t9-/m1/s1. The number of thiophene rings is 1. The lowest BCUT2D eigenvalue weighted by molar-refractivity contribution is 0.519. The second kappa shape index (κ2) is 5.47. The minimum Gasteiger partial charge on any atom is -0.284 e. The van der Waals surface area contributed by atoms with Crippen molar-refractivity contribution >= 4 is 33.3 Å². The van der Waals surface area contributed by atoms with Gasteiger partial charge < -0.3 is 0 Å². The Morgan fingerprint density at radius 2 is 2.14 bits per heavy atom.